The van der Waals surface area contributed by atoms with Crippen molar-refractivity contribution in [1.29, 1.82) is 0 Å². The first-order valence-electron chi connectivity index (χ1n) is 12.3. The van der Waals surface area contributed by atoms with E-state index in [2.05, 4.69) is 15.8 Å². The third-order valence-corrected chi connectivity index (χ3v) is 6.88. The molecule has 1 aliphatic carbocycles. The summed E-state index contributed by atoms with van der Waals surface area (Å²) in [6.45, 7) is 2.41. The second-order valence-corrected chi connectivity index (χ2v) is 9.56. The van der Waals surface area contributed by atoms with Gasteiger partial charge in [0.25, 0.3) is 11.8 Å². The highest BCUT2D eigenvalue weighted by atomic mass is 35.5. The van der Waals surface area contributed by atoms with Crippen LogP contribution in [0.4, 0.5) is 10.3 Å². The SMILES string of the molecule is CCNc1onc(-c2c(F)cccc2Cl)c1C(=O)OC1(C(N)=O)CCCC(CNC(=O)c2ccccc2)C1. The second kappa shape index (κ2) is 11.6. The number of nitrogens with zero attached hydrogens (tertiary/aromatic N) is 1. The summed E-state index contributed by atoms with van der Waals surface area (Å²) in [5, 5.41) is 9.63. The lowest BCUT2D eigenvalue weighted by Gasteiger charge is -2.37. The van der Waals surface area contributed by atoms with Crippen LogP contribution in [-0.2, 0) is 9.53 Å². The van der Waals surface area contributed by atoms with Gasteiger partial charge in [-0.15, -0.1) is 0 Å². The summed E-state index contributed by atoms with van der Waals surface area (Å²) in [6.07, 6.45) is 1.56. The number of benzene rings is 2. The normalized spacial score (nSPS) is 19.0. The van der Waals surface area contributed by atoms with Crippen molar-refractivity contribution in [3.8, 4) is 11.3 Å². The quantitative estimate of drug-likeness (QED) is 0.337. The number of primary amides is 1. The Hall–Kier alpha value is -3.92. The van der Waals surface area contributed by atoms with Crippen LogP contribution in [0.5, 0.6) is 0 Å². The lowest BCUT2D eigenvalue weighted by Crippen LogP contribution is -2.52. The number of carbonyl (C=O) groups is 3. The van der Waals surface area contributed by atoms with Gasteiger partial charge in [-0.25, -0.2) is 9.18 Å². The van der Waals surface area contributed by atoms with E-state index >= 15 is 0 Å². The van der Waals surface area contributed by atoms with Crippen LogP contribution in [-0.4, -0.2) is 41.6 Å². The largest absolute Gasteiger partial charge is 0.445 e. The van der Waals surface area contributed by atoms with Crippen LogP contribution in [0.1, 0.15) is 53.3 Å². The van der Waals surface area contributed by atoms with Gasteiger partial charge in [0.1, 0.15) is 11.5 Å². The number of amides is 2. The summed E-state index contributed by atoms with van der Waals surface area (Å²) >= 11 is 6.22. The van der Waals surface area contributed by atoms with Crippen LogP contribution < -0.4 is 16.4 Å². The third-order valence-electron chi connectivity index (χ3n) is 6.57. The summed E-state index contributed by atoms with van der Waals surface area (Å²) in [6, 6.07) is 12.8. The minimum absolute atomic E-state index is 0.0203. The van der Waals surface area contributed by atoms with Gasteiger partial charge in [0.15, 0.2) is 11.2 Å². The van der Waals surface area contributed by atoms with Gasteiger partial charge in [-0.2, -0.15) is 0 Å². The number of carbonyl (C=O) groups excluding carboxylic acids is 3. The highest BCUT2D eigenvalue weighted by Crippen LogP contribution is 2.39. The highest BCUT2D eigenvalue weighted by molar-refractivity contribution is 6.33. The molecule has 1 aromatic heterocycles. The molecule has 0 radical (unpaired) electrons. The molecular weight excluding hydrogens is 515 g/mol. The molecule has 9 nitrogen and oxygen atoms in total. The van der Waals surface area contributed by atoms with Gasteiger partial charge in [-0.3, -0.25) is 9.59 Å². The summed E-state index contributed by atoms with van der Waals surface area (Å²) in [5.74, 6) is -2.94. The highest BCUT2D eigenvalue weighted by Gasteiger charge is 2.46. The molecule has 4 N–H and O–H groups in total. The van der Waals surface area contributed by atoms with E-state index in [0.29, 0.717) is 24.9 Å². The topological polar surface area (TPSA) is 137 Å². The van der Waals surface area contributed by atoms with Gasteiger partial charge in [0.2, 0.25) is 5.88 Å². The molecule has 1 saturated carbocycles. The molecule has 1 heterocycles. The van der Waals surface area contributed by atoms with Crippen molar-refractivity contribution in [1.82, 2.24) is 10.5 Å². The molecule has 0 aliphatic heterocycles. The van der Waals surface area contributed by atoms with Crippen LogP contribution in [0.2, 0.25) is 5.02 Å². The van der Waals surface area contributed by atoms with Crippen LogP contribution in [0, 0.1) is 11.7 Å². The standard InChI is InChI=1S/C27H28ClFN4O5/c1-2-31-24-21(22(33-38-24)20-18(28)11-6-12-19(20)29)25(35)37-27(26(30)36)13-7-8-16(14-27)15-32-23(34)17-9-4-3-5-10-17/h3-6,9-12,16,31H,2,7-8,13-15H2,1H3,(H2,30,36)(H,32,34). The molecule has 0 spiro atoms. The van der Waals surface area contributed by atoms with Crippen LogP contribution in [0.25, 0.3) is 11.3 Å². The maximum absolute atomic E-state index is 14.7. The smallest absolute Gasteiger partial charge is 0.347 e. The number of hydrogen-bond acceptors (Lipinski definition) is 7. The molecule has 200 valence electrons. The van der Waals surface area contributed by atoms with Gasteiger partial charge in [0.05, 0.1) is 10.6 Å². The van der Waals surface area contributed by atoms with Crippen molar-refractivity contribution < 1.29 is 28.0 Å². The molecule has 3 aromatic rings. The Labute approximate surface area is 223 Å². The van der Waals surface area contributed by atoms with E-state index in [1.165, 1.54) is 18.2 Å². The zero-order chi connectivity index (χ0) is 27.3. The second-order valence-electron chi connectivity index (χ2n) is 9.15. The number of aromatic nitrogens is 1. The Morgan fingerprint density at radius 1 is 1.21 bits per heavy atom. The summed E-state index contributed by atoms with van der Waals surface area (Å²) in [7, 11) is 0. The maximum Gasteiger partial charge on any atom is 0.347 e. The van der Waals surface area contributed by atoms with E-state index in [-0.39, 0.29) is 58.9 Å². The van der Waals surface area contributed by atoms with Gasteiger partial charge in [0, 0.05) is 25.1 Å². The predicted octanol–water partition coefficient (Wildman–Crippen LogP) is 4.57. The van der Waals surface area contributed by atoms with Crippen molar-refractivity contribution in [3.63, 3.8) is 0 Å². The van der Waals surface area contributed by atoms with E-state index in [0.717, 1.165) is 0 Å². The molecule has 11 heteroatoms. The Balaban J connectivity index is 1.58. The Bertz CT molecular complexity index is 1310. The maximum atomic E-state index is 14.7. The average molecular weight is 543 g/mol. The molecule has 2 amide bonds. The summed E-state index contributed by atoms with van der Waals surface area (Å²) < 4.78 is 25.8. The van der Waals surface area contributed by atoms with Crippen molar-refractivity contribution in [2.45, 2.75) is 38.2 Å². The van der Waals surface area contributed by atoms with E-state index in [1.54, 1.807) is 31.2 Å². The first-order valence-corrected chi connectivity index (χ1v) is 12.7. The molecule has 0 bridgehead atoms. The van der Waals surface area contributed by atoms with E-state index < -0.39 is 23.3 Å². The molecule has 1 aliphatic rings. The molecule has 0 saturated heterocycles. The lowest BCUT2D eigenvalue weighted by molar-refractivity contribution is -0.142. The predicted molar refractivity (Wildman–Crippen MR) is 139 cm³/mol. The first-order chi connectivity index (χ1) is 18.3. The number of halogens is 2. The molecule has 4 rings (SSSR count). The zero-order valence-corrected chi connectivity index (χ0v) is 21.5. The van der Waals surface area contributed by atoms with E-state index in [9.17, 15) is 18.8 Å². The van der Waals surface area contributed by atoms with Gasteiger partial charge < -0.3 is 25.6 Å². The summed E-state index contributed by atoms with van der Waals surface area (Å²) in [5.41, 5.74) is 4.17. The number of nitrogens with two attached hydrogens (primary N) is 1. The molecule has 2 aromatic carbocycles. The minimum atomic E-state index is -1.63. The van der Waals surface area contributed by atoms with Gasteiger partial charge in [-0.05, 0) is 56.4 Å². The summed E-state index contributed by atoms with van der Waals surface area (Å²) in [4.78, 5) is 38.7. The third kappa shape index (κ3) is 5.65. The number of anilines is 1. The average Bonchev–Trinajstić information content (AvgIpc) is 3.31. The molecule has 2 unspecified atom stereocenters. The first kappa shape index (κ1) is 27.1. The van der Waals surface area contributed by atoms with Crippen LogP contribution in [0.3, 0.4) is 0 Å². The van der Waals surface area contributed by atoms with E-state index in [4.69, 9.17) is 26.6 Å². The fraction of sp³-hybridized carbons (Fsp3) is 0.333. The van der Waals surface area contributed by atoms with Crippen molar-refractivity contribution in [2.75, 3.05) is 18.4 Å². The van der Waals surface area contributed by atoms with Crippen molar-refractivity contribution in [3.05, 3.63) is 70.5 Å². The number of rotatable bonds is 9. The molecule has 1 fully saturated rings. The Morgan fingerprint density at radius 3 is 2.66 bits per heavy atom. The lowest BCUT2D eigenvalue weighted by atomic mass is 9.77. The van der Waals surface area contributed by atoms with Crippen LogP contribution >= 0.6 is 11.6 Å². The molecule has 2 atom stereocenters. The molecule has 38 heavy (non-hydrogen) atoms. The van der Waals surface area contributed by atoms with Crippen molar-refractivity contribution >= 4 is 35.3 Å². The zero-order valence-electron chi connectivity index (χ0n) is 20.8. The number of esters is 1. The molecular formula is C27H28ClFN4O5. The number of nitrogens with one attached hydrogen (secondary N) is 2. The fourth-order valence-corrected chi connectivity index (χ4v) is 4.95. The van der Waals surface area contributed by atoms with Gasteiger partial charge in [-0.1, -0.05) is 41.0 Å². The number of ether oxygens (including phenoxy) is 1. The van der Waals surface area contributed by atoms with Crippen LogP contribution in [0.15, 0.2) is 53.1 Å². The number of hydrogen-bond donors (Lipinski definition) is 3. The monoisotopic (exact) mass is 542 g/mol. The van der Waals surface area contributed by atoms with Gasteiger partial charge >= 0.3 is 5.97 Å². The van der Waals surface area contributed by atoms with Crippen molar-refractivity contribution in [2.24, 2.45) is 11.7 Å². The Kier molecular flexibility index (Phi) is 8.31. The minimum Gasteiger partial charge on any atom is -0.445 e. The fourth-order valence-electron chi connectivity index (χ4n) is 4.70. The Morgan fingerprint density at radius 2 is 1.97 bits per heavy atom. The van der Waals surface area contributed by atoms with E-state index in [1.807, 2.05) is 6.07 Å².